The van der Waals surface area contributed by atoms with Crippen LogP contribution in [0.2, 0.25) is 0 Å². The first-order chi connectivity index (χ1) is 20.5. The molecule has 1 aliphatic heterocycles. The molecule has 0 radical (unpaired) electrons. The van der Waals surface area contributed by atoms with E-state index in [9.17, 15) is 9.59 Å². The van der Waals surface area contributed by atoms with Gasteiger partial charge in [0.05, 0.1) is 18.4 Å². The number of methoxy groups -OCH3 is 1. The Balaban J connectivity index is 1.66. The van der Waals surface area contributed by atoms with Crippen molar-refractivity contribution in [1.29, 1.82) is 0 Å². The average Bonchev–Trinajstić information content (AvgIpc) is 3.02. The lowest BCUT2D eigenvalue weighted by Gasteiger charge is -2.38. The van der Waals surface area contributed by atoms with Crippen LogP contribution in [0, 0.1) is 0 Å². The third-order valence-corrected chi connectivity index (χ3v) is 8.19. The smallest absolute Gasteiger partial charge is 0.253 e. The molecule has 232 valence electrons. The molecule has 2 amide bonds. The number of nitrogens with one attached hydrogen (secondary N) is 2. The minimum absolute atomic E-state index is 0.00891. The van der Waals surface area contributed by atoms with Crippen molar-refractivity contribution in [2.75, 3.05) is 74.6 Å². The Bertz CT molecular complexity index is 1100. The second kappa shape index (κ2) is 18.3. The van der Waals surface area contributed by atoms with E-state index in [1.54, 1.807) is 7.11 Å². The molecule has 8 heteroatoms. The molecular formula is C34H53N5O3. The van der Waals surface area contributed by atoms with Gasteiger partial charge in [0.25, 0.3) is 5.91 Å². The first-order valence-electron chi connectivity index (χ1n) is 16.1. The number of hydrogen-bond acceptors (Lipinski definition) is 6. The number of likely N-dealkylation sites (N-methyl/N-ethyl adjacent to an activating group) is 1. The minimum Gasteiger partial charge on any atom is -0.495 e. The zero-order valence-electron chi connectivity index (χ0n) is 26.4. The molecule has 2 N–H and O–H groups in total. The summed E-state index contributed by atoms with van der Waals surface area (Å²) in [6, 6.07) is 13.9. The van der Waals surface area contributed by atoms with Gasteiger partial charge in [0, 0.05) is 57.1 Å². The molecule has 1 saturated heterocycles. The highest BCUT2D eigenvalue weighted by Crippen LogP contribution is 2.31. The highest BCUT2D eigenvalue weighted by atomic mass is 16.5. The fourth-order valence-corrected chi connectivity index (χ4v) is 5.58. The van der Waals surface area contributed by atoms with Gasteiger partial charge in [-0.25, -0.2) is 0 Å². The molecule has 0 atom stereocenters. The summed E-state index contributed by atoms with van der Waals surface area (Å²) in [5.41, 5.74) is 3.27. The summed E-state index contributed by atoms with van der Waals surface area (Å²) in [6.45, 7) is 13.0. The molecule has 0 bridgehead atoms. The number of ether oxygens (including phenoxy) is 1. The van der Waals surface area contributed by atoms with Gasteiger partial charge in [0.2, 0.25) is 5.91 Å². The number of rotatable bonds is 18. The molecule has 1 heterocycles. The van der Waals surface area contributed by atoms with Crippen molar-refractivity contribution in [3.63, 3.8) is 0 Å². The summed E-state index contributed by atoms with van der Waals surface area (Å²) in [6.07, 6.45) is 8.73. The Morgan fingerprint density at radius 3 is 2.14 bits per heavy atom. The zero-order chi connectivity index (χ0) is 30.2. The zero-order valence-corrected chi connectivity index (χ0v) is 26.4. The Hall–Kier alpha value is -3.26. The summed E-state index contributed by atoms with van der Waals surface area (Å²) in [4.78, 5) is 33.1. The fraction of sp³-hybridized carbons (Fsp3) is 0.588. The van der Waals surface area contributed by atoms with E-state index >= 15 is 0 Å². The van der Waals surface area contributed by atoms with Crippen LogP contribution in [-0.2, 0) is 4.79 Å². The standard InChI is InChI=1S/C34H53N5O3/c1-5-8-9-10-11-12-13-18-33(40)36-28-19-20-30(29(27-28)34(41)35-21-22-37(6-2)7-3)38-23-25-39(26-24-38)31-16-14-15-17-32(31)42-4/h14-17,19-20,27H,5-13,18,21-26H2,1-4H3,(H,35,41)(H,36,40). The van der Waals surface area contributed by atoms with Crippen molar-refractivity contribution >= 4 is 28.9 Å². The number of unbranched alkanes of at least 4 members (excludes halogenated alkanes) is 6. The molecule has 1 fully saturated rings. The normalized spacial score (nSPS) is 13.4. The van der Waals surface area contributed by atoms with Crippen LogP contribution in [0.4, 0.5) is 17.1 Å². The van der Waals surface area contributed by atoms with Crippen LogP contribution in [0.15, 0.2) is 42.5 Å². The van der Waals surface area contributed by atoms with Gasteiger partial charge in [0.1, 0.15) is 5.75 Å². The fourth-order valence-electron chi connectivity index (χ4n) is 5.58. The molecule has 2 aromatic carbocycles. The monoisotopic (exact) mass is 579 g/mol. The Kier molecular flexibility index (Phi) is 14.5. The van der Waals surface area contributed by atoms with Crippen LogP contribution in [0.5, 0.6) is 5.75 Å². The van der Waals surface area contributed by atoms with Crippen molar-refractivity contribution in [3.05, 3.63) is 48.0 Å². The maximum atomic E-state index is 13.5. The van der Waals surface area contributed by atoms with Crippen LogP contribution >= 0.6 is 0 Å². The number of anilines is 3. The van der Waals surface area contributed by atoms with Crippen LogP contribution in [0.3, 0.4) is 0 Å². The topological polar surface area (TPSA) is 77.1 Å². The summed E-state index contributed by atoms with van der Waals surface area (Å²) in [7, 11) is 1.70. The maximum Gasteiger partial charge on any atom is 0.253 e. The van der Waals surface area contributed by atoms with Crippen LogP contribution in [-0.4, -0.2) is 76.2 Å². The van der Waals surface area contributed by atoms with E-state index in [2.05, 4.69) is 52.2 Å². The van der Waals surface area contributed by atoms with Crippen molar-refractivity contribution < 1.29 is 14.3 Å². The van der Waals surface area contributed by atoms with Crippen molar-refractivity contribution in [2.45, 2.75) is 72.1 Å². The van der Waals surface area contributed by atoms with Gasteiger partial charge >= 0.3 is 0 Å². The lowest BCUT2D eigenvalue weighted by atomic mass is 10.1. The molecule has 0 aromatic heterocycles. The van der Waals surface area contributed by atoms with Gasteiger partial charge in [-0.1, -0.05) is 71.4 Å². The van der Waals surface area contributed by atoms with E-state index < -0.39 is 0 Å². The van der Waals surface area contributed by atoms with Crippen LogP contribution < -0.4 is 25.2 Å². The second-order valence-electron chi connectivity index (χ2n) is 11.1. The molecule has 0 saturated carbocycles. The predicted octanol–water partition coefficient (Wildman–Crippen LogP) is 6.17. The SMILES string of the molecule is CCCCCCCCCC(=O)Nc1ccc(N2CCN(c3ccccc3OC)CC2)c(C(=O)NCCN(CC)CC)c1. The number of carbonyl (C=O) groups excluding carboxylic acids is 2. The summed E-state index contributed by atoms with van der Waals surface area (Å²) in [5.74, 6) is 0.776. The Morgan fingerprint density at radius 2 is 1.48 bits per heavy atom. The minimum atomic E-state index is -0.104. The summed E-state index contributed by atoms with van der Waals surface area (Å²) in [5, 5.41) is 6.17. The van der Waals surface area contributed by atoms with E-state index in [4.69, 9.17) is 4.74 Å². The number of hydrogen-bond donors (Lipinski definition) is 2. The van der Waals surface area contributed by atoms with Gasteiger partial charge in [-0.3, -0.25) is 9.59 Å². The number of benzene rings is 2. The highest BCUT2D eigenvalue weighted by molar-refractivity contribution is 6.02. The number of carbonyl (C=O) groups is 2. The van der Waals surface area contributed by atoms with Gasteiger partial charge in [0.15, 0.2) is 0 Å². The molecule has 2 aromatic rings. The number of amides is 2. The second-order valence-corrected chi connectivity index (χ2v) is 11.1. The number of nitrogens with zero attached hydrogens (tertiary/aromatic N) is 3. The first kappa shape index (κ1) is 33.2. The molecular weight excluding hydrogens is 526 g/mol. The van der Waals surface area contributed by atoms with E-state index in [0.717, 1.165) is 75.8 Å². The van der Waals surface area contributed by atoms with Gasteiger partial charge < -0.3 is 30.1 Å². The Labute approximate surface area is 253 Å². The Morgan fingerprint density at radius 1 is 0.833 bits per heavy atom. The number of para-hydroxylation sites is 2. The first-order valence-corrected chi connectivity index (χ1v) is 16.1. The van der Waals surface area contributed by atoms with Crippen LogP contribution in [0.25, 0.3) is 0 Å². The van der Waals surface area contributed by atoms with E-state index in [1.165, 1.54) is 32.1 Å². The molecule has 0 unspecified atom stereocenters. The molecule has 0 spiro atoms. The van der Waals surface area contributed by atoms with Gasteiger partial charge in [-0.05, 0) is 49.8 Å². The van der Waals surface area contributed by atoms with Gasteiger partial charge in [-0.2, -0.15) is 0 Å². The van der Waals surface area contributed by atoms with Crippen LogP contribution in [0.1, 0.15) is 82.5 Å². The largest absolute Gasteiger partial charge is 0.495 e. The lowest BCUT2D eigenvalue weighted by molar-refractivity contribution is -0.116. The molecule has 42 heavy (non-hydrogen) atoms. The van der Waals surface area contributed by atoms with Crippen molar-refractivity contribution in [2.24, 2.45) is 0 Å². The molecule has 1 aliphatic rings. The lowest BCUT2D eigenvalue weighted by Crippen LogP contribution is -2.47. The van der Waals surface area contributed by atoms with E-state index in [-0.39, 0.29) is 11.8 Å². The van der Waals surface area contributed by atoms with E-state index in [1.807, 2.05) is 36.4 Å². The highest BCUT2D eigenvalue weighted by Gasteiger charge is 2.24. The third kappa shape index (κ3) is 10.2. The number of piperazine rings is 1. The summed E-state index contributed by atoms with van der Waals surface area (Å²) < 4.78 is 5.58. The van der Waals surface area contributed by atoms with Gasteiger partial charge in [-0.15, -0.1) is 0 Å². The average molecular weight is 580 g/mol. The molecule has 8 nitrogen and oxygen atoms in total. The summed E-state index contributed by atoms with van der Waals surface area (Å²) >= 11 is 0. The quantitative estimate of drug-likeness (QED) is 0.206. The van der Waals surface area contributed by atoms with Crippen molar-refractivity contribution in [3.8, 4) is 5.75 Å². The maximum absolute atomic E-state index is 13.5. The third-order valence-electron chi connectivity index (χ3n) is 8.19. The van der Waals surface area contributed by atoms with Crippen molar-refractivity contribution in [1.82, 2.24) is 10.2 Å². The van der Waals surface area contributed by atoms with E-state index in [0.29, 0.717) is 24.2 Å². The molecule has 3 rings (SSSR count). The predicted molar refractivity (Wildman–Crippen MR) is 175 cm³/mol. The molecule has 0 aliphatic carbocycles.